The van der Waals surface area contributed by atoms with Crippen LogP contribution in [0.5, 0.6) is 17.2 Å². The van der Waals surface area contributed by atoms with E-state index in [0.29, 0.717) is 34.8 Å². The first-order chi connectivity index (χ1) is 15.9. The van der Waals surface area contributed by atoms with Gasteiger partial charge in [-0.05, 0) is 56.8 Å². The molecule has 0 saturated carbocycles. The zero-order valence-corrected chi connectivity index (χ0v) is 20.7. The summed E-state index contributed by atoms with van der Waals surface area (Å²) in [6.07, 6.45) is 3.71. The average Bonchev–Trinajstić information content (AvgIpc) is 2.86. The number of carbonyl (C=O) groups excluding carboxylic acids is 2. The summed E-state index contributed by atoms with van der Waals surface area (Å²) in [5.41, 5.74) is 0.538. The van der Waals surface area contributed by atoms with E-state index in [-0.39, 0.29) is 17.7 Å². The lowest BCUT2D eigenvalue weighted by Gasteiger charge is -2.41. The molecule has 3 rings (SSSR count). The number of piperidine rings is 2. The summed E-state index contributed by atoms with van der Waals surface area (Å²) in [6.45, 7) is 8.31. The van der Waals surface area contributed by atoms with Gasteiger partial charge >= 0.3 is 0 Å². The normalized spacial score (nSPS) is 18.3. The number of nitrogens with one attached hydrogen (secondary N) is 1. The summed E-state index contributed by atoms with van der Waals surface area (Å²) in [6, 6.07) is 3.89. The van der Waals surface area contributed by atoms with E-state index in [1.54, 1.807) is 33.5 Å². The molecule has 0 aliphatic carbocycles. The Kier molecular flexibility index (Phi) is 8.83. The van der Waals surface area contributed by atoms with E-state index in [1.807, 2.05) is 4.90 Å². The third-order valence-corrected chi connectivity index (χ3v) is 6.76. The number of carbonyl (C=O) groups is 2. The fraction of sp³-hybridized carbons (Fsp3) is 0.680. The molecule has 0 unspecified atom stereocenters. The molecule has 0 bridgehead atoms. The number of benzene rings is 1. The second kappa shape index (κ2) is 11.6. The van der Waals surface area contributed by atoms with Gasteiger partial charge in [0.05, 0.1) is 21.3 Å². The molecule has 184 valence electrons. The van der Waals surface area contributed by atoms with E-state index in [0.717, 1.165) is 58.4 Å². The number of amides is 2. The van der Waals surface area contributed by atoms with Gasteiger partial charge in [-0.25, -0.2) is 0 Å². The van der Waals surface area contributed by atoms with Crippen molar-refractivity contribution in [1.29, 1.82) is 0 Å². The van der Waals surface area contributed by atoms with Crippen LogP contribution in [0, 0.1) is 11.8 Å². The zero-order valence-electron chi connectivity index (χ0n) is 20.7. The smallest absolute Gasteiger partial charge is 0.254 e. The highest BCUT2D eigenvalue weighted by atomic mass is 16.5. The Morgan fingerprint density at radius 1 is 0.939 bits per heavy atom. The Bertz CT molecular complexity index is 787. The summed E-state index contributed by atoms with van der Waals surface area (Å²) in [5.74, 6) is 2.23. The molecule has 0 aromatic heterocycles. The molecule has 2 fully saturated rings. The fourth-order valence-electron chi connectivity index (χ4n) is 4.80. The van der Waals surface area contributed by atoms with Gasteiger partial charge < -0.3 is 29.3 Å². The summed E-state index contributed by atoms with van der Waals surface area (Å²) < 4.78 is 16.1. The highest BCUT2D eigenvalue weighted by molar-refractivity contribution is 5.95. The standard InChI is InChI=1S/C25H39N3O5/c1-17(2)16-26-24(29)18-6-10-27(11-7-18)20-8-12-28(13-9-20)25(30)19-14-21(31-3)23(33-5)22(15-19)32-4/h14-15,17-18,20H,6-13,16H2,1-5H3,(H,26,29). The third kappa shape index (κ3) is 6.10. The first-order valence-corrected chi connectivity index (χ1v) is 12.0. The SMILES string of the molecule is COc1cc(C(=O)N2CCC(N3CCC(C(=O)NCC(C)C)CC3)CC2)cc(OC)c1OC. The van der Waals surface area contributed by atoms with Gasteiger partial charge in [0, 0.05) is 37.2 Å². The molecule has 8 heteroatoms. The largest absolute Gasteiger partial charge is 0.493 e. The van der Waals surface area contributed by atoms with Gasteiger partial charge in [-0.3, -0.25) is 9.59 Å². The number of nitrogens with zero attached hydrogens (tertiary/aromatic N) is 2. The minimum atomic E-state index is -0.0202. The Hall–Kier alpha value is -2.48. The number of rotatable bonds is 8. The predicted octanol–water partition coefficient (Wildman–Crippen LogP) is 2.80. The molecule has 8 nitrogen and oxygen atoms in total. The maximum atomic E-state index is 13.2. The lowest BCUT2D eigenvalue weighted by molar-refractivity contribution is -0.126. The average molecular weight is 462 g/mol. The van der Waals surface area contributed by atoms with E-state index < -0.39 is 0 Å². The molecule has 1 aromatic carbocycles. The molecular formula is C25H39N3O5. The Labute approximate surface area is 197 Å². The van der Waals surface area contributed by atoms with E-state index in [4.69, 9.17) is 14.2 Å². The molecule has 0 radical (unpaired) electrons. The van der Waals surface area contributed by atoms with Crippen LogP contribution in [0.15, 0.2) is 12.1 Å². The molecule has 33 heavy (non-hydrogen) atoms. The van der Waals surface area contributed by atoms with Crippen molar-refractivity contribution in [3.05, 3.63) is 17.7 Å². The van der Waals surface area contributed by atoms with Gasteiger partial charge in [0.25, 0.3) is 5.91 Å². The van der Waals surface area contributed by atoms with Crippen LogP contribution >= 0.6 is 0 Å². The topological polar surface area (TPSA) is 80.3 Å². The number of hydrogen-bond acceptors (Lipinski definition) is 6. The number of methoxy groups -OCH3 is 3. The van der Waals surface area contributed by atoms with Crippen molar-refractivity contribution < 1.29 is 23.8 Å². The van der Waals surface area contributed by atoms with Crippen molar-refractivity contribution in [2.45, 2.75) is 45.6 Å². The highest BCUT2D eigenvalue weighted by Crippen LogP contribution is 2.38. The molecule has 2 heterocycles. The molecule has 0 spiro atoms. The van der Waals surface area contributed by atoms with Gasteiger partial charge in [-0.2, -0.15) is 0 Å². The van der Waals surface area contributed by atoms with Crippen LogP contribution in [-0.2, 0) is 4.79 Å². The van der Waals surface area contributed by atoms with Crippen molar-refractivity contribution in [3.8, 4) is 17.2 Å². The van der Waals surface area contributed by atoms with Crippen LogP contribution in [0.25, 0.3) is 0 Å². The lowest BCUT2D eigenvalue weighted by Crippen LogP contribution is -2.50. The number of likely N-dealkylation sites (tertiary alicyclic amines) is 2. The first-order valence-electron chi connectivity index (χ1n) is 12.0. The van der Waals surface area contributed by atoms with E-state index in [9.17, 15) is 9.59 Å². The van der Waals surface area contributed by atoms with E-state index in [1.165, 1.54) is 0 Å². The minimum Gasteiger partial charge on any atom is -0.493 e. The van der Waals surface area contributed by atoms with Crippen LogP contribution in [0.2, 0.25) is 0 Å². The van der Waals surface area contributed by atoms with Crippen LogP contribution < -0.4 is 19.5 Å². The van der Waals surface area contributed by atoms with Gasteiger partial charge in [-0.1, -0.05) is 13.8 Å². The molecule has 2 amide bonds. The summed E-state index contributed by atoms with van der Waals surface area (Å²) in [4.78, 5) is 29.9. The molecule has 1 N–H and O–H groups in total. The lowest BCUT2D eigenvalue weighted by atomic mass is 9.92. The highest BCUT2D eigenvalue weighted by Gasteiger charge is 2.32. The Balaban J connectivity index is 1.52. The fourth-order valence-corrected chi connectivity index (χ4v) is 4.80. The van der Waals surface area contributed by atoms with Crippen molar-refractivity contribution in [2.24, 2.45) is 11.8 Å². The zero-order chi connectivity index (χ0) is 24.0. The van der Waals surface area contributed by atoms with Gasteiger partial charge in [0.1, 0.15) is 0 Å². The third-order valence-electron chi connectivity index (χ3n) is 6.76. The summed E-state index contributed by atoms with van der Waals surface area (Å²) in [7, 11) is 4.65. The molecule has 2 aliphatic rings. The van der Waals surface area contributed by atoms with E-state index >= 15 is 0 Å². The van der Waals surface area contributed by atoms with Crippen molar-refractivity contribution >= 4 is 11.8 Å². The minimum absolute atomic E-state index is 0.0202. The molecule has 2 aliphatic heterocycles. The number of ether oxygens (including phenoxy) is 3. The van der Waals surface area contributed by atoms with Crippen LogP contribution in [0.3, 0.4) is 0 Å². The molecule has 1 aromatic rings. The van der Waals surface area contributed by atoms with Gasteiger partial charge in [0.15, 0.2) is 11.5 Å². The van der Waals surface area contributed by atoms with Crippen LogP contribution in [0.1, 0.15) is 49.9 Å². The summed E-state index contributed by atoms with van der Waals surface area (Å²) >= 11 is 0. The number of hydrogen-bond donors (Lipinski definition) is 1. The van der Waals surface area contributed by atoms with Crippen molar-refractivity contribution in [2.75, 3.05) is 54.1 Å². The predicted molar refractivity (Wildman–Crippen MR) is 127 cm³/mol. The Morgan fingerprint density at radius 3 is 2.00 bits per heavy atom. The maximum Gasteiger partial charge on any atom is 0.254 e. The molecule has 0 atom stereocenters. The van der Waals surface area contributed by atoms with Crippen molar-refractivity contribution in [3.63, 3.8) is 0 Å². The first kappa shape index (κ1) is 25.1. The maximum absolute atomic E-state index is 13.2. The molecular weight excluding hydrogens is 422 g/mol. The van der Waals surface area contributed by atoms with Crippen molar-refractivity contribution in [1.82, 2.24) is 15.1 Å². The Morgan fingerprint density at radius 2 is 1.52 bits per heavy atom. The van der Waals surface area contributed by atoms with Crippen LogP contribution in [0.4, 0.5) is 0 Å². The second-order valence-corrected chi connectivity index (χ2v) is 9.39. The summed E-state index contributed by atoms with van der Waals surface area (Å²) in [5, 5.41) is 3.08. The van der Waals surface area contributed by atoms with Gasteiger partial charge in [-0.15, -0.1) is 0 Å². The second-order valence-electron chi connectivity index (χ2n) is 9.39. The van der Waals surface area contributed by atoms with E-state index in [2.05, 4.69) is 24.1 Å². The van der Waals surface area contributed by atoms with Gasteiger partial charge in [0.2, 0.25) is 11.7 Å². The van der Waals surface area contributed by atoms with Crippen LogP contribution in [-0.4, -0.2) is 81.7 Å². The quantitative estimate of drug-likeness (QED) is 0.641. The molecule has 2 saturated heterocycles. The monoisotopic (exact) mass is 461 g/mol.